The van der Waals surface area contributed by atoms with E-state index in [1.54, 1.807) is 12.4 Å². The minimum Gasteiger partial charge on any atom is -0.454 e. The predicted molar refractivity (Wildman–Crippen MR) is 77.0 cm³/mol. The Hall–Kier alpha value is -2.56. The quantitative estimate of drug-likeness (QED) is 0.913. The molecule has 0 bridgehead atoms. The number of amides is 1. The van der Waals surface area contributed by atoms with E-state index in [9.17, 15) is 4.79 Å². The van der Waals surface area contributed by atoms with Crippen LogP contribution in [0.1, 0.15) is 17.5 Å². The number of rotatable bonds is 5. The summed E-state index contributed by atoms with van der Waals surface area (Å²) in [5.74, 6) is 1.55. The molecule has 0 aliphatic carbocycles. The molecule has 3 rings (SSSR count). The van der Waals surface area contributed by atoms with Crippen molar-refractivity contribution in [1.29, 1.82) is 0 Å². The van der Waals surface area contributed by atoms with E-state index in [1.165, 1.54) is 0 Å². The van der Waals surface area contributed by atoms with Crippen LogP contribution in [-0.2, 0) is 17.8 Å². The average molecular weight is 284 g/mol. The van der Waals surface area contributed by atoms with Crippen molar-refractivity contribution in [2.75, 3.05) is 6.79 Å². The molecule has 5 nitrogen and oxygen atoms in total. The van der Waals surface area contributed by atoms with Crippen molar-refractivity contribution in [2.24, 2.45) is 0 Å². The van der Waals surface area contributed by atoms with Gasteiger partial charge >= 0.3 is 0 Å². The molecule has 1 aliphatic rings. The Labute approximate surface area is 122 Å². The van der Waals surface area contributed by atoms with Crippen molar-refractivity contribution in [3.05, 3.63) is 53.9 Å². The van der Waals surface area contributed by atoms with E-state index in [2.05, 4.69) is 10.3 Å². The highest BCUT2D eigenvalue weighted by atomic mass is 16.7. The van der Waals surface area contributed by atoms with Crippen molar-refractivity contribution in [3.8, 4) is 11.5 Å². The molecule has 0 atom stereocenters. The first-order valence-corrected chi connectivity index (χ1v) is 6.85. The highest BCUT2D eigenvalue weighted by Gasteiger charge is 2.13. The Bertz CT molecular complexity index is 629. The standard InChI is InChI=1S/C16H16N2O3/c19-16(18-10-13-5-7-17-8-6-13)4-2-12-1-3-14-15(9-12)21-11-20-14/h1,3,5-9H,2,4,10-11H2,(H,18,19). The van der Waals surface area contributed by atoms with E-state index in [0.29, 0.717) is 19.4 Å². The second-order valence-electron chi connectivity index (χ2n) is 4.82. The Morgan fingerprint density at radius 3 is 2.76 bits per heavy atom. The van der Waals surface area contributed by atoms with Crippen LogP contribution in [0.3, 0.4) is 0 Å². The normalized spacial score (nSPS) is 12.2. The lowest BCUT2D eigenvalue weighted by atomic mass is 10.1. The number of ether oxygens (including phenoxy) is 2. The Morgan fingerprint density at radius 2 is 1.90 bits per heavy atom. The van der Waals surface area contributed by atoms with Crippen LogP contribution >= 0.6 is 0 Å². The molecule has 0 saturated heterocycles. The summed E-state index contributed by atoms with van der Waals surface area (Å²) in [4.78, 5) is 15.8. The lowest BCUT2D eigenvalue weighted by Gasteiger charge is -2.06. The predicted octanol–water partition coefficient (Wildman–Crippen LogP) is 2.06. The number of benzene rings is 1. The maximum atomic E-state index is 11.8. The van der Waals surface area contributed by atoms with Gasteiger partial charge in [-0.2, -0.15) is 0 Å². The molecule has 2 heterocycles. The third-order valence-electron chi connectivity index (χ3n) is 3.32. The van der Waals surface area contributed by atoms with Gasteiger partial charge in [0.05, 0.1) is 0 Å². The fourth-order valence-electron chi connectivity index (χ4n) is 2.14. The number of carbonyl (C=O) groups is 1. The molecule has 1 amide bonds. The number of hydrogen-bond acceptors (Lipinski definition) is 4. The summed E-state index contributed by atoms with van der Waals surface area (Å²) in [5.41, 5.74) is 2.11. The Kier molecular flexibility index (Phi) is 4.00. The smallest absolute Gasteiger partial charge is 0.231 e. The monoisotopic (exact) mass is 284 g/mol. The zero-order valence-electron chi connectivity index (χ0n) is 11.5. The van der Waals surface area contributed by atoms with Crippen LogP contribution in [0.2, 0.25) is 0 Å². The molecule has 1 N–H and O–H groups in total. The molecule has 0 spiro atoms. The van der Waals surface area contributed by atoms with E-state index >= 15 is 0 Å². The minimum absolute atomic E-state index is 0.0319. The number of fused-ring (bicyclic) bond motifs is 1. The zero-order valence-corrected chi connectivity index (χ0v) is 11.5. The molecule has 1 aliphatic heterocycles. The van der Waals surface area contributed by atoms with E-state index in [1.807, 2.05) is 30.3 Å². The van der Waals surface area contributed by atoms with Crippen LogP contribution in [0.25, 0.3) is 0 Å². The molecule has 0 unspecified atom stereocenters. The van der Waals surface area contributed by atoms with Crippen LogP contribution < -0.4 is 14.8 Å². The number of nitrogens with zero attached hydrogens (tertiary/aromatic N) is 1. The summed E-state index contributed by atoms with van der Waals surface area (Å²) in [5, 5.41) is 2.90. The fourth-order valence-corrected chi connectivity index (χ4v) is 2.14. The first-order valence-electron chi connectivity index (χ1n) is 6.85. The van der Waals surface area contributed by atoms with Gasteiger partial charge in [-0.25, -0.2) is 0 Å². The number of carbonyl (C=O) groups excluding carboxylic acids is 1. The first-order chi connectivity index (χ1) is 10.3. The van der Waals surface area contributed by atoms with Gasteiger partial charge < -0.3 is 14.8 Å². The molecule has 5 heteroatoms. The lowest BCUT2D eigenvalue weighted by Crippen LogP contribution is -2.22. The third-order valence-corrected chi connectivity index (χ3v) is 3.32. The van der Waals surface area contributed by atoms with E-state index in [4.69, 9.17) is 9.47 Å². The van der Waals surface area contributed by atoms with Gasteiger partial charge in [0.15, 0.2) is 11.5 Å². The van der Waals surface area contributed by atoms with Gasteiger partial charge in [0.2, 0.25) is 12.7 Å². The van der Waals surface area contributed by atoms with E-state index in [0.717, 1.165) is 22.6 Å². The molecular formula is C16H16N2O3. The SMILES string of the molecule is O=C(CCc1ccc2c(c1)OCO2)NCc1ccncc1. The lowest BCUT2D eigenvalue weighted by molar-refractivity contribution is -0.121. The second-order valence-corrected chi connectivity index (χ2v) is 4.82. The Balaban J connectivity index is 1.47. The first kappa shape index (κ1) is 13.4. The van der Waals surface area contributed by atoms with Gasteiger partial charge in [0.1, 0.15) is 0 Å². The van der Waals surface area contributed by atoms with Crippen LogP contribution in [-0.4, -0.2) is 17.7 Å². The Morgan fingerprint density at radius 1 is 1.10 bits per heavy atom. The maximum absolute atomic E-state index is 11.8. The van der Waals surface area contributed by atoms with Gasteiger partial charge in [-0.05, 0) is 41.8 Å². The van der Waals surface area contributed by atoms with Crippen molar-refractivity contribution < 1.29 is 14.3 Å². The third kappa shape index (κ3) is 3.51. The van der Waals surface area contributed by atoms with E-state index in [-0.39, 0.29) is 12.7 Å². The highest BCUT2D eigenvalue weighted by molar-refractivity contribution is 5.76. The van der Waals surface area contributed by atoms with Gasteiger partial charge in [0.25, 0.3) is 0 Å². The van der Waals surface area contributed by atoms with Gasteiger partial charge in [0, 0.05) is 25.4 Å². The molecule has 0 saturated carbocycles. The molecule has 1 aromatic heterocycles. The minimum atomic E-state index is 0.0319. The summed E-state index contributed by atoms with van der Waals surface area (Å²) >= 11 is 0. The number of pyridine rings is 1. The molecule has 108 valence electrons. The number of aromatic nitrogens is 1. The molecule has 2 aromatic rings. The summed E-state index contributed by atoms with van der Waals surface area (Å²) in [6.07, 6.45) is 4.56. The number of hydrogen-bond donors (Lipinski definition) is 1. The van der Waals surface area contributed by atoms with Crippen LogP contribution in [0.5, 0.6) is 11.5 Å². The molecule has 1 aromatic carbocycles. The second kappa shape index (κ2) is 6.26. The van der Waals surface area contributed by atoms with Gasteiger partial charge in [-0.3, -0.25) is 9.78 Å². The fraction of sp³-hybridized carbons (Fsp3) is 0.250. The average Bonchev–Trinajstić information content (AvgIpc) is 2.99. The van der Waals surface area contributed by atoms with Crippen LogP contribution in [0.4, 0.5) is 0 Å². The van der Waals surface area contributed by atoms with Gasteiger partial charge in [-0.15, -0.1) is 0 Å². The van der Waals surface area contributed by atoms with E-state index < -0.39 is 0 Å². The maximum Gasteiger partial charge on any atom is 0.231 e. The molecule has 21 heavy (non-hydrogen) atoms. The molecule has 0 fully saturated rings. The van der Waals surface area contributed by atoms with Crippen LogP contribution in [0, 0.1) is 0 Å². The van der Waals surface area contributed by atoms with Crippen molar-refractivity contribution >= 4 is 5.91 Å². The topological polar surface area (TPSA) is 60.5 Å². The summed E-state index contributed by atoms with van der Waals surface area (Å²) in [6, 6.07) is 9.55. The summed E-state index contributed by atoms with van der Waals surface area (Å²) < 4.78 is 10.6. The number of nitrogens with one attached hydrogen (secondary N) is 1. The number of aryl methyl sites for hydroxylation is 1. The zero-order chi connectivity index (χ0) is 14.5. The summed E-state index contributed by atoms with van der Waals surface area (Å²) in [6.45, 7) is 0.799. The summed E-state index contributed by atoms with van der Waals surface area (Å²) in [7, 11) is 0. The largest absolute Gasteiger partial charge is 0.454 e. The van der Waals surface area contributed by atoms with Crippen molar-refractivity contribution in [1.82, 2.24) is 10.3 Å². The molecule has 0 radical (unpaired) electrons. The van der Waals surface area contributed by atoms with Crippen molar-refractivity contribution in [3.63, 3.8) is 0 Å². The highest BCUT2D eigenvalue weighted by Crippen LogP contribution is 2.32. The molecular weight excluding hydrogens is 268 g/mol. The van der Waals surface area contributed by atoms with Crippen molar-refractivity contribution in [2.45, 2.75) is 19.4 Å². The van der Waals surface area contributed by atoms with Gasteiger partial charge in [-0.1, -0.05) is 6.07 Å². The van der Waals surface area contributed by atoms with Crippen LogP contribution in [0.15, 0.2) is 42.7 Å².